The second-order valence-electron chi connectivity index (χ2n) is 3.25. The van der Waals surface area contributed by atoms with Crippen molar-refractivity contribution in [2.45, 2.75) is 6.92 Å². The molecule has 2 rings (SSSR count). The van der Waals surface area contributed by atoms with Gasteiger partial charge < -0.3 is 9.63 Å². The predicted octanol–water partition coefficient (Wildman–Crippen LogP) is 1.88. The Bertz CT molecular complexity index is 530. The number of rotatable bonds is 2. The topological polar surface area (TPSA) is 76.2 Å². The highest BCUT2D eigenvalue weighted by Crippen LogP contribution is 2.19. The van der Waals surface area contributed by atoms with Crippen LogP contribution in [0.1, 0.15) is 16.2 Å². The van der Waals surface area contributed by atoms with Gasteiger partial charge >= 0.3 is 5.97 Å². The van der Waals surface area contributed by atoms with Gasteiger partial charge in [0, 0.05) is 5.56 Å². The molecule has 2 aromatic rings. The van der Waals surface area contributed by atoms with Crippen LogP contribution in [0.5, 0.6) is 0 Å². The van der Waals surface area contributed by atoms with E-state index >= 15 is 0 Å². The lowest BCUT2D eigenvalue weighted by Crippen LogP contribution is -1.98. The van der Waals surface area contributed by atoms with Gasteiger partial charge in [-0.05, 0) is 35.8 Å². The number of hydrogen-bond acceptors (Lipinski definition) is 4. The molecule has 82 valence electrons. The van der Waals surface area contributed by atoms with Crippen molar-refractivity contribution < 1.29 is 18.8 Å². The SMILES string of the molecule is Cc1cc(F)cc(-c2nc(C(=O)O)no2)c1. The van der Waals surface area contributed by atoms with E-state index in [1.165, 1.54) is 12.1 Å². The van der Waals surface area contributed by atoms with Crippen LogP contribution in [0, 0.1) is 12.7 Å². The molecule has 0 spiro atoms. The molecular formula is C10H7FN2O3. The molecule has 0 saturated heterocycles. The average Bonchev–Trinajstić information content (AvgIpc) is 2.64. The predicted molar refractivity (Wildman–Crippen MR) is 51.4 cm³/mol. The van der Waals surface area contributed by atoms with Crippen molar-refractivity contribution in [2.24, 2.45) is 0 Å². The molecule has 1 N–H and O–H groups in total. The summed E-state index contributed by atoms with van der Waals surface area (Å²) in [7, 11) is 0. The van der Waals surface area contributed by atoms with Crippen molar-refractivity contribution in [3.8, 4) is 11.5 Å². The van der Waals surface area contributed by atoms with Gasteiger partial charge in [0.25, 0.3) is 11.7 Å². The standard InChI is InChI=1S/C10H7FN2O3/c1-5-2-6(4-7(11)3-5)9-12-8(10(14)15)13-16-9/h2-4H,1H3,(H,14,15). The number of aromatic nitrogens is 2. The van der Waals surface area contributed by atoms with Gasteiger partial charge in [-0.25, -0.2) is 9.18 Å². The lowest BCUT2D eigenvalue weighted by atomic mass is 10.1. The van der Waals surface area contributed by atoms with Gasteiger partial charge in [0.1, 0.15) is 5.82 Å². The van der Waals surface area contributed by atoms with E-state index in [4.69, 9.17) is 9.63 Å². The fourth-order valence-corrected chi connectivity index (χ4v) is 1.29. The summed E-state index contributed by atoms with van der Waals surface area (Å²) in [6.07, 6.45) is 0. The van der Waals surface area contributed by atoms with Crippen LogP contribution in [0.15, 0.2) is 22.7 Å². The maximum absolute atomic E-state index is 13.1. The van der Waals surface area contributed by atoms with E-state index in [0.717, 1.165) is 0 Å². The maximum Gasteiger partial charge on any atom is 0.377 e. The molecule has 0 atom stereocenters. The fourth-order valence-electron chi connectivity index (χ4n) is 1.29. The Labute approximate surface area is 89.5 Å². The first-order valence-corrected chi connectivity index (χ1v) is 4.41. The van der Waals surface area contributed by atoms with Gasteiger partial charge in [0.05, 0.1) is 0 Å². The summed E-state index contributed by atoms with van der Waals surface area (Å²) >= 11 is 0. The third-order valence-corrected chi connectivity index (χ3v) is 1.91. The molecular weight excluding hydrogens is 215 g/mol. The Morgan fingerprint density at radius 3 is 2.75 bits per heavy atom. The maximum atomic E-state index is 13.1. The zero-order valence-corrected chi connectivity index (χ0v) is 8.27. The van der Waals surface area contributed by atoms with E-state index in [-0.39, 0.29) is 5.89 Å². The zero-order valence-electron chi connectivity index (χ0n) is 8.27. The van der Waals surface area contributed by atoms with Crippen LogP contribution in [-0.2, 0) is 0 Å². The molecule has 0 bridgehead atoms. The van der Waals surface area contributed by atoms with E-state index in [2.05, 4.69) is 10.1 Å². The number of benzene rings is 1. The van der Waals surface area contributed by atoms with Gasteiger partial charge in [-0.1, -0.05) is 0 Å². The van der Waals surface area contributed by atoms with Crippen molar-refractivity contribution in [1.29, 1.82) is 0 Å². The van der Waals surface area contributed by atoms with Crippen molar-refractivity contribution in [1.82, 2.24) is 10.1 Å². The van der Waals surface area contributed by atoms with Crippen LogP contribution in [0.25, 0.3) is 11.5 Å². The Morgan fingerprint density at radius 1 is 1.44 bits per heavy atom. The highest BCUT2D eigenvalue weighted by molar-refractivity contribution is 5.83. The Morgan fingerprint density at radius 2 is 2.19 bits per heavy atom. The summed E-state index contributed by atoms with van der Waals surface area (Å²) in [6, 6.07) is 4.17. The van der Waals surface area contributed by atoms with Crippen molar-refractivity contribution >= 4 is 5.97 Å². The van der Waals surface area contributed by atoms with Gasteiger partial charge in [-0.3, -0.25) is 0 Å². The molecule has 1 aromatic carbocycles. The third kappa shape index (κ3) is 1.90. The van der Waals surface area contributed by atoms with Crippen molar-refractivity contribution in [2.75, 3.05) is 0 Å². The summed E-state index contributed by atoms with van der Waals surface area (Å²) in [5, 5.41) is 11.8. The first kappa shape index (κ1) is 10.3. The molecule has 1 heterocycles. The van der Waals surface area contributed by atoms with Gasteiger partial charge in [0.15, 0.2) is 0 Å². The molecule has 6 heteroatoms. The number of halogens is 1. The van der Waals surface area contributed by atoms with Gasteiger partial charge in [0.2, 0.25) is 0 Å². The van der Waals surface area contributed by atoms with E-state index in [0.29, 0.717) is 11.1 Å². The summed E-state index contributed by atoms with van der Waals surface area (Å²) in [5.41, 5.74) is 1.04. The van der Waals surface area contributed by atoms with E-state index < -0.39 is 17.6 Å². The number of carboxylic acid groups (broad SMARTS) is 1. The summed E-state index contributed by atoms with van der Waals surface area (Å²) in [4.78, 5) is 14.1. The fraction of sp³-hybridized carbons (Fsp3) is 0.100. The number of hydrogen-bond donors (Lipinski definition) is 1. The summed E-state index contributed by atoms with van der Waals surface area (Å²) < 4.78 is 17.8. The van der Waals surface area contributed by atoms with E-state index in [9.17, 15) is 9.18 Å². The van der Waals surface area contributed by atoms with Crippen molar-refractivity contribution in [3.05, 3.63) is 35.4 Å². The molecule has 0 amide bonds. The molecule has 0 aliphatic rings. The first-order valence-electron chi connectivity index (χ1n) is 4.41. The van der Waals surface area contributed by atoms with Crippen molar-refractivity contribution in [3.63, 3.8) is 0 Å². The minimum Gasteiger partial charge on any atom is -0.475 e. The van der Waals surface area contributed by atoms with Crippen LogP contribution in [-0.4, -0.2) is 21.2 Å². The van der Waals surface area contributed by atoms with E-state index in [1.807, 2.05) is 0 Å². The quantitative estimate of drug-likeness (QED) is 0.839. The first-order chi connectivity index (χ1) is 7.56. The van der Waals surface area contributed by atoms with Crippen LogP contribution in [0.3, 0.4) is 0 Å². The van der Waals surface area contributed by atoms with Crippen LogP contribution in [0.2, 0.25) is 0 Å². The Kier molecular flexibility index (Phi) is 2.40. The highest BCUT2D eigenvalue weighted by Gasteiger charge is 2.14. The lowest BCUT2D eigenvalue weighted by Gasteiger charge is -1.97. The van der Waals surface area contributed by atoms with Gasteiger partial charge in [-0.2, -0.15) is 4.98 Å². The number of carbonyl (C=O) groups is 1. The zero-order chi connectivity index (χ0) is 11.7. The summed E-state index contributed by atoms with van der Waals surface area (Å²) in [6.45, 7) is 1.71. The molecule has 0 saturated carbocycles. The minimum atomic E-state index is -1.29. The molecule has 1 aromatic heterocycles. The number of carboxylic acids is 1. The second kappa shape index (κ2) is 3.73. The molecule has 0 fully saturated rings. The third-order valence-electron chi connectivity index (χ3n) is 1.91. The molecule has 0 radical (unpaired) electrons. The number of aryl methyl sites for hydroxylation is 1. The molecule has 0 aliphatic carbocycles. The van der Waals surface area contributed by atoms with Crippen LogP contribution >= 0.6 is 0 Å². The van der Waals surface area contributed by atoms with E-state index in [1.54, 1.807) is 13.0 Å². The number of aromatic carboxylic acids is 1. The largest absolute Gasteiger partial charge is 0.475 e. The molecule has 5 nitrogen and oxygen atoms in total. The van der Waals surface area contributed by atoms with Crippen LogP contribution < -0.4 is 0 Å². The normalized spacial score (nSPS) is 10.4. The highest BCUT2D eigenvalue weighted by atomic mass is 19.1. The molecule has 0 unspecified atom stereocenters. The molecule has 0 aliphatic heterocycles. The number of nitrogens with zero attached hydrogens (tertiary/aromatic N) is 2. The smallest absolute Gasteiger partial charge is 0.377 e. The monoisotopic (exact) mass is 222 g/mol. The molecule has 16 heavy (non-hydrogen) atoms. The second-order valence-corrected chi connectivity index (χ2v) is 3.25. The minimum absolute atomic E-state index is 0.0139. The van der Waals surface area contributed by atoms with Gasteiger partial charge in [-0.15, -0.1) is 0 Å². The lowest BCUT2D eigenvalue weighted by molar-refractivity contribution is 0.0680. The Balaban J connectivity index is 2.46. The average molecular weight is 222 g/mol. The Hall–Kier alpha value is -2.24. The van der Waals surface area contributed by atoms with Crippen LogP contribution in [0.4, 0.5) is 4.39 Å². The summed E-state index contributed by atoms with van der Waals surface area (Å²) in [5.74, 6) is -2.19.